The highest BCUT2D eigenvalue weighted by Crippen LogP contribution is 2.32. The first-order chi connectivity index (χ1) is 11.3. The molecule has 0 unspecified atom stereocenters. The van der Waals surface area contributed by atoms with Crippen LogP contribution in [0.15, 0.2) is 30.3 Å². The van der Waals surface area contributed by atoms with E-state index in [0.29, 0.717) is 12.8 Å². The molecule has 0 saturated carbocycles. The van der Waals surface area contributed by atoms with Crippen LogP contribution >= 0.6 is 0 Å². The first kappa shape index (κ1) is 18.3. The first-order valence-electron chi connectivity index (χ1n) is 8.50. The van der Waals surface area contributed by atoms with Crippen LogP contribution in [0.1, 0.15) is 52.0 Å². The van der Waals surface area contributed by atoms with Crippen LogP contribution in [0, 0.1) is 5.41 Å². The summed E-state index contributed by atoms with van der Waals surface area (Å²) in [5.41, 5.74) is 1.05. The second-order valence-corrected chi connectivity index (χ2v) is 7.63. The molecular formula is C19H27NO4. The molecule has 2 atom stereocenters. The first-order valence-corrected chi connectivity index (χ1v) is 8.50. The van der Waals surface area contributed by atoms with Gasteiger partial charge >= 0.3 is 12.1 Å². The number of nitrogens with zero attached hydrogens (tertiary/aromatic N) is 1. The van der Waals surface area contributed by atoms with Crippen molar-refractivity contribution >= 4 is 12.1 Å². The Morgan fingerprint density at radius 1 is 1.21 bits per heavy atom. The van der Waals surface area contributed by atoms with Crippen LogP contribution in [0.4, 0.5) is 4.79 Å². The monoisotopic (exact) mass is 333 g/mol. The third-order valence-electron chi connectivity index (χ3n) is 4.43. The summed E-state index contributed by atoms with van der Waals surface area (Å²) in [5, 5.41) is 9.41. The lowest BCUT2D eigenvalue weighted by atomic mass is 9.88. The fourth-order valence-electron chi connectivity index (χ4n) is 3.08. The van der Waals surface area contributed by atoms with Crippen LogP contribution in [0.5, 0.6) is 0 Å². The predicted molar refractivity (Wildman–Crippen MR) is 91.6 cm³/mol. The Kier molecular flexibility index (Phi) is 5.86. The molecule has 1 saturated heterocycles. The SMILES string of the molecule is CC(C)(C)CC[C@@H]1CC[C@@H](C(=O)O)N1C(=O)OCc1ccccc1. The predicted octanol–water partition coefficient (Wildman–Crippen LogP) is 4.07. The molecule has 0 spiro atoms. The summed E-state index contributed by atoms with van der Waals surface area (Å²) in [6.07, 6.45) is 2.42. The molecule has 0 aromatic heterocycles. The third kappa shape index (κ3) is 4.98. The summed E-state index contributed by atoms with van der Waals surface area (Å²) in [5.74, 6) is -0.954. The molecule has 5 nitrogen and oxygen atoms in total. The van der Waals surface area contributed by atoms with Crippen LogP contribution in [0.2, 0.25) is 0 Å². The number of rotatable bonds is 5. The normalized spacial score (nSPS) is 20.9. The van der Waals surface area contributed by atoms with Crippen molar-refractivity contribution in [3.63, 3.8) is 0 Å². The summed E-state index contributed by atoms with van der Waals surface area (Å²) < 4.78 is 5.38. The molecule has 1 aromatic rings. The standard InChI is InChI=1S/C19H27NO4/c1-19(2,3)12-11-15-9-10-16(17(21)22)20(15)18(23)24-13-14-7-5-4-6-8-14/h4-8,15-16H,9-13H2,1-3H3,(H,21,22)/t15-,16-/m0/s1. The molecule has 0 bridgehead atoms. The van der Waals surface area contributed by atoms with Gasteiger partial charge in [-0.1, -0.05) is 51.1 Å². The van der Waals surface area contributed by atoms with Crippen LogP contribution < -0.4 is 0 Å². The van der Waals surface area contributed by atoms with Crippen LogP contribution in [-0.2, 0) is 16.1 Å². The number of carbonyl (C=O) groups excluding carboxylic acids is 1. The Balaban J connectivity index is 2.02. The zero-order valence-electron chi connectivity index (χ0n) is 14.7. The van der Waals surface area contributed by atoms with E-state index in [4.69, 9.17) is 4.74 Å². The van der Waals surface area contributed by atoms with Gasteiger partial charge in [0.2, 0.25) is 0 Å². The maximum absolute atomic E-state index is 12.5. The van der Waals surface area contributed by atoms with E-state index >= 15 is 0 Å². The van der Waals surface area contributed by atoms with Gasteiger partial charge in [0.1, 0.15) is 12.6 Å². The highest BCUT2D eigenvalue weighted by Gasteiger charge is 2.42. The molecule has 24 heavy (non-hydrogen) atoms. The Bertz CT molecular complexity index is 564. The van der Waals surface area contributed by atoms with Gasteiger partial charge in [-0.25, -0.2) is 9.59 Å². The minimum atomic E-state index is -0.954. The van der Waals surface area contributed by atoms with Crippen molar-refractivity contribution in [1.82, 2.24) is 4.90 Å². The number of hydrogen-bond acceptors (Lipinski definition) is 3. The van der Waals surface area contributed by atoms with E-state index in [-0.39, 0.29) is 18.1 Å². The average molecular weight is 333 g/mol. The number of aliphatic carboxylic acids is 1. The van der Waals surface area contributed by atoms with Crippen molar-refractivity contribution in [2.75, 3.05) is 0 Å². The molecule has 132 valence electrons. The van der Waals surface area contributed by atoms with E-state index in [0.717, 1.165) is 18.4 Å². The number of carboxylic acids is 1. The molecule has 1 heterocycles. The second-order valence-electron chi connectivity index (χ2n) is 7.63. The van der Waals surface area contributed by atoms with Gasteiger partial charge in [-0.2, -0.15) is 0 Å². The summed E-state index contributed by atoms with van der Waals surface area (Å²) in [6, 6.07) is 8.57. The van der Waals surface area contributed by atoms with Crippen LogP contribution in [0.25, 0.3) is 0 Å². The Hall–Kier alpha value is -2.04. The quantitative estimate of drug-likeness (QED) is 0.882. The number of carbonyl (C=O) groups is 2. The fourth-order valence-corrected chi connectivity index (χ4v) is 3.08. The maximum atomic E-state index is 12.5. The van der Waals surface area contributed by atoms with Gasteiger partial charge < -0.3 is 9.84 Å². The number of amides is 1. The Morgan fingerprint density at radius 3 is 2.46 bits per heavy atom. The summed E-state index contributed by atoms with van der Waals surface area (Å²) in [6.45, 7) is 6.60. The van der Waals surface area contributed by atoms with Crippen molar-refractivity contribution in [1.29, 1.82) is 0 Å². The zero-order chi connectivity index (χ0) is 17.7. The van der Waals surface area contributed by atoms with Crippen molar-refractivity contribution in [2.24, 2.45) is 5.41 Å². The summed E-state index contributed by atoms with van der Waals surface area (Å²) in [4.78, 5) is 25.4. The number of ether oxygens (including phenoxy) is 1. The van der Waals surface area contributed by atoms with Gasteiger partial charge in [0.25, 0.3) is 0 Å². The molecule has 1 aliphatic heterocycles. The molecule has 0 radical (unpaired) electrons. The molecule has 1 fully saturated rings. The lowest BCUT2D eigenvalue weighted by molar-refractivity contribution is -0.142. The smallest absolute Gasteiger partial charge is 0.411 e. The molecular weight excluding hydrogens is 306 g/mol. The van der Waals surface area contributed by atoms with E-state index in [1.165, 1.54) is 4.90 Å². The minimum Gasteiger partial charge on any atom is -0.480 e. The molecule has 1 amide bonds. The van der Waals surface area contributed by atoms with E-state index in [2.05, 4.69) is 20.8 Å². The van der Waals surface area contributed by atoms with Crippen LogP contribution in [-0.4, -0.2) is 34.2 Å². The zero-order valence-corrected chi connectivity index (χ0v) is 14.7. The molecule has 1 aromatic carbocycles. The molecule has 1 aliphatic rings. The fraction of sp³-hybridized carbons (Fsp3) is 0.579. The second kappa shape index (κ2) is 7.69. The summed E-state index contributed by atoms with van der Waals surface area (Å²) >= 11 is 0. The lowest BCUT2D eigenvalue weighted by Crippen LogP contribution is -2.45. The largest absolute Gasteiger partial charge is 0.480 e. The minimum absolute atomic E-state index is 0.0615. The van der Waals surface area contributed by atoms with Crippen molar-refractivity contribution in [2.45, 2.75) is 65.1 Å². The van der Waals surface area contributed by atoms with Crippen molar-refractivity contribution < 1.29 is 19.4 Å². The van der Waals surface area contributed by atoms with Gasteiger partial charge in [-0.15, -0.1) is 0 Å². The third-order valence-corrected chi connectivity index (χ3v) is 4.43. The van der Waals surface area contributed by atoms with E-state index in [9.17, 15) is 14.7 Å². The molecule has 2 rings (SSSR count). The lowest BCUT2D eigenvalue weighted by Gasteiger charge is -2.29. The van der Waals surface area contributed by atoms with E-state index < -0.39 is 18.1 Å². The molecule has 5 heteroatoms. The topological polar surface area (TPSA) is 66.8 Å². The average Bonchev–Trinajstić information content (AvgIpc) is 2.95. The van der Waals surface area contributed by atoms with E-state index in [1.54, 1.807) is 0 Å². The molecule has 1 N–H and O–H groups in total. The van der Waals surface area contributed by atoms with Crippen molar-refractivity contribution in [3.8, 4) is 0 Å². The number of benzene rings is 1. The van der Waals surface area contributed by atoms with Gasteiger partial charge in [0.05, 0.1) is 0 Å². The van der Waals surface area contributed by atoms with Gasteiger partial charge in [-0.3, -0.25) is 4.90 Å². The highest BCUT2D eigenvalue weighted by atomic mass is 16.6. The maximum Gasteiger partial charge on any atom is 0.411 e. The van der Waals surface area contributed by atoms with Gasteiger partial charge in [-0.05, 0) is 36.7 Å². The van der Waals surface area contributed by atoms with Gasteiger partial charge in [0, 0.05) is 6.04 Å². The number of hydrogen-bond donors (Lipinski definition) is 1. The van der Waals surface area contributed by atoms with Crippen LogP contribution in [0.3, 0.4) is 0 Å². The Morgan fingerprint density at radius 2 is 1.88 bits per heavy atom. The Labute approximate surface area is 143 Å². The number of likely N-dealkylation sites (tertiary alicyclic amines) is 1. The number of carboxylic acid groups (broad SMARTS) is 1. The summed E-state index contributed by atoms with van der Waals surface area (Å²) in [7, 11) is 0. The van der Waals surface area contributed by atoms with Crippen molar-refractivity contribution in [3.05, 3.63) is 35.9 Å². The van der Waals surface area contributed by atoms with Gasteiger partial charge in [0.15, 0.2) is 0 Å². The highest BCUT2D eigenvalue weighted by molar-refractivity contribution is 5.81. The molecule has 0 aliphatic carbocycles. The van der Waals surface area contributed by atoms with E-state index in [1.807, 2.05) is 30.3 Å².